The summed E-state index contributed by atoms with van der Waals surface area (Å²) in [4.78, 5) is 3.45. The Hall–Kier alpha value is -1.25. The number of rotatable bonds is 4. The molecular weight excluding hydrogens is 232 g/mol. The minimum Gasteiger partial charge on any atom is -0.302 e. The smallest absolute Gasteiger partial charge is 0.103 e. The highest BCUT2D eigenvalue weighted by atomic mass is 32.2. The molecule has 1 aromatic heterocycles. The number of thioether (sulfide) groups is 1. The molecule has 0 atom stereocenters. The van der Waals surface area contributed by atoms with Crippen LogP contribution >= 0.6 is 11.8 Å². The fourth-order valence-corrected chi connectivity index (χ4v) is 2.75. The van der Waals surface area contributed by atoms with Crippen LogP contribution in [0.25, 0.3) is 5.57 Å². The lowest BCUT2D eigenvalue weighted by Gasteiger charge is -2.22. The summed E-state index contributed by atoms with van der Waals surface area (Å²) in [7, 11) is 2.13. The van der Waals surface area contributed by atoms with Crippen LogP contribution in [0, 0.1) is 11.3 Å². The zero-order chi connectivity index (χ0) is 12.1. The molecule has 1 N–H and O–H groups in total. The average molecular weight is 248 g/mol. The summed E-state index contributed by atoms with van der Waals surface area (Å²) in [5.41, 5.74) is 2.35. The molecule has 2 heterocycles. The fraction of sp³-hybridized carbons (Fsp3) is 0.500. The molecule has 90 valence electrons. The van der Waals surface area contributed by atoms with E-state index in [9.17, 15) is 0 Å². The molecule has 0 saturated carbocycles. The number of nitrogens with zero attached hydrogens (tertiary/aromatic N) is 3. The predicted octanol–water partition coefficient (Wildman–Crippen LogP) is 2.13. The molecule has 17 heavy (non-hydrogen) atoms. The largest absolute Gasteiger partial charge is 0.302 e. The van der Waals surface area contributed by atoms with Crippen LogP contribution in [0.15, 0.2) is 17.2 Å². The third-order valence-electron chi connectivity index (χ3n) is 2.72. The Bertz CT molecular complexity index is 444. The molecule has 1 aliphatic heterocycles. The summed E-state index contributed by atoms with van der Waals surface area (Å²) in [5.74, 6) is 0.826. The Balaban J connectivity index is 2.08. The van der Waals surface area contributed by atoms with Gasteiger partial charge in [0.25, 0.3) is 0 Å². The van der Waals surface area contributed by atoms with Crippen molar-refractivity contribution >= 4 is 17.3 Å². The molecule has 4 nitrogen and oxygen atoms in total. The van der Waals surface area contributed by atoms with Gasteiger partial charge in [-0.15, -0.1) is 11.8 Å². The van der Waals surface area contributed by atoms with Gasteiger partial charge in [0.15, 0.2) is 0 Å². The maximum Gasteiger partial charge on any atom is 0.103 e. The second-order valence-electron chi connectivity index (χ2n) is 4.11. The number of H-pyrrole nitrogens is 1. The standard InChI is InChI=1S/C12H16N4S/c1-16-6-2-4-10(9-16)12-11(8-14-15-12)17-7-3-5-13/h4,8H,2-3,6-7,9H2,1H3,(H,14,15). The zero-order valence-electron chi connectivity index (χ0n) is 9.94. The van der Waals surface area contributed by atoms with Gasteiger partial charge < -0.3 is 4.90 Å². The predicted molar refractivity (Wildman–Crippen MR) is 69.6 cm³/mol. The molecule has 0 aliphatic carbocycles. The summed E-state index contributed by atoms with van der Waals surface area (Å²) in [5, 5.41) is 15.8. The molecule has 0 unspecified atom stereocenters. The van der Waals surface area contributed by atoms with E-state index in [-0.39, 0.29) is 0 Å². The van der Waals surface area contributed by atoms with E-state index >= 15 is 0 Å². The van der Waals surface area contributed by atoms with Gasteiger partial charge in [-0.1, -0.05) is 6.08 Å². The summed E-state index contributed by atoms with van der Waals surface area (Å²) in [6, 6.07) is 2.16. The first-order chi connectivity index (χ1) is 8.31. The molecule has 0 bridgehead atoms. The van der Waals surface area contributed by atoms with E-state index < -0.39 is 0 Å². The lowest BCUT2D eigenvalue weighted by molar-refractivity contribution is 0.372. The quantitative estimate of drug-likeness (QED) is 0.655. The lowest BCUT2D eigenvalue weighted by Crippen LogP contribution is -2.25. The number of likely N-dealkylation sites (N-methyl/N-ethyl adjacent to an activating group) is 1. The number of nitriles is 1. The summed E-state index contributed by atoms with van der Waals surface area (Å²) in [6.07, 6.45) is 5.85. The van der Waals surface area contributed by atoms with Crippen LogP contribution in [0.2, 0.25) is 0 Å². The molecule has 0 spiro atoms. The fourth-order valence-electron chi connectivity index (χ4n) is 1.89. The molecule has 1 aliphatic rings. The van der Waals surface area contributed by atoms with Gasteiger partial charge >= 0.3 is 0 Å². The Morgan fingerprint density at radius 1 is 1.65 bits per heavy atom. The number of hydrogen-bond acceptors (Lipinski definition) is 4. The molecule has 2 rings (SSSR count). The third-order valence-corrected chi connectivity index (χ3v) is 3.75. The van der Waals surface area contributed by atoms with Crippen molar-refractivity contribution in [2.24, 2.45) is 0 Å². The first-order valence-corrected chi connectivity index (χ1v) is 6.71. The highest BCUT2D eigenvalue weighted by molar-refractivity contribution is 7.99. The van der Waals surface area contributed by atoms with E-state index in [1.54, 1.807) is 11.8 Å². The third kappa shape index (κ3) is 3.11. The van der Waals surface area contributed by atoms with Gasteiger partial charge in [0.2, 0.25) is 0 Å². The van der Waals surface area contributed by atoms with E-state index in [4.69, 9.17) is 5.26 Å². The molecule has 5 heteroatoms. The molecule has 0 amide bonds. The van der Waals surface area contributed by atoms with Crippen molar-refractivity contribution in [1.29, 1.82) is 5.26 Å². The maximum absolute atomic E-state index is 8.54. The van der Waals surface area contributed by atoms with Crippen LogP contribution in [0.3, 0.4) is 0 Å². The minimum atomic E-state index is 0.578. The van der Waals surface area contributed by atoms with Crippen molar-refractivity contribution in [3.63, 3.8) is 0 Å². The van der Waals surface area contributed by atoms with Crippen LogP contribution in [0.4, 0.5) is 0 Å². The Morgan fingerprint density at radius 2 is 2.53 bits per heavy atom. The number of hydrogen-bond donors (Lipinski definition) is 1. The first-order valence-electron chi connectivity index (χ1n) is 5.72. The van der Waals surface area contributed by atoms with Gasteiger partial charge in [-0.25, -0.2) is 0 Å². The molecule has 0 radical (unpaired) electrons. The lowest BCUT2D eigenvalue weighted by atomic mass is 10.1. The maximum atomic E-state index is 8.54. The van der Waals surface area contributed by atoms with Gasteiger partial charge in [0.1, 0.15) is 5.69 Å². The molecule has 0 aromatic carbocycles. The van der Waals surface area contributed by atoms with Gasteiger partial charge in [0, 0.05) is 31.5 Å². The van der Waals surface area contributed by atoms with Gasteiger partial charge in [-0.05, 0) is 19.0 Å². The molecule has 0 fully saturated rings. The molecule has 0 saturated heterocycles. The normalized spacial score (nSPS) is 16.6. The second kappa shape index (κ2) is 5.89. The van der Waals surface area contributed by atoms with Crippen molar-refractivity contribution in [1.82, 2.24) is 15.1 Å². The molecule has 1 aromatic rings. The van der Waals surface area contributed by atoms with Crippen molar-refractivity contribution in [2.45, 2.75) is 17.7 Å². The van der Waals surface area contributed by atoms with E-state index in [0.717, 1.165) is 35.9 Å². The number of aromatic amines is 1. The van der Waals surface area contributed by atoms with Gasteiger partial charge in [0.05, 0.1) is 11.0 Å². The number of aromatic nitrogens is 2. The highest BCUT2D eigenvalue weighted by Crippen LogP contribution is 2.28. The number of nitrogens with one attached hydrogen (secondary N) is 1. The van der Waals surface area contributed by atoms with Crippen molar-refractivity contribution < 1.29 is 0 Å². The van der Waals surface area contributed by atoms with E-state index in [2.05, 4.69) is 34.3 Å². The Kier molecular flexibility index (Phi) is 4.24. The van der Waals surface area contributed by atoms with Crippen LogP contribution in [0.1, 0.15) is 18.5 Å². The summed E-state index contributed by atoms with van der Waals surface area (Å²) >= 11 is 1.70. The topological polar surface area (TPSA) is 55.7 Å². The highest BCUT2D eigenvalue weighted by Gasteiger charge is 2.15. The van der Waals surface area contributed by atoms with Crippen molar-refractivity contribution in [3.05, 3.63) is 18.0 Å². The first kappa shape index (κ1) is 12.2. The van der Waals surface area contributed by atoms with Crippen molar-refractivity contribution in [2.75, 3.05) is 25.9 Å². The van der Waals surface area contributed by atoms with Gasteiger partial charge in [-0.3, -0.25) is 5.10 Å². The van der Waals surface area contributed by atoms with Crippen LogP contribution in [-0.4, -0.2) is 41.0 Å². The zero-order valence-corrected chi connectivity index (χ0v) is 10.8. The van der Waals surface area contributed by atoms with Crippen LogP contribution < -0.4 is 0 Å². The average Bonchev–Trinajstić information content (AvgIpc) is 2.78. The van der Waals surface area contributed by atoms with E-state index in [1.807, 2.05) is 6.20 Å². The summed E-state index contributed by atoms with van der Waals surface area (Å²) < 4.78 is 0. The van der Waals surface area contributed by atoms with E-state index in [1.165, 1.54) is 5.57 Å². The SMILES string of the molecule is CN1CCC=C(c2n[nH]cc2SCCC#N)C1. The minimum absolute atomic E-state index is 0.578. The monoisotopic (exact) mass is 248 g/mol. The van der Waals surface area contributed by atoms with Gasteiger partial charge in [-0.2, -0.15) is 10.4 Å². The van der Waals surface area contributed by atoms with E-state index in [0.29, 0.717) is 6.42 Å². The van der Waals surface area contributed by atoms with Crippen molar-refractivity contribution in [3.8, 4) is 6.07 Å². The Morgan fingerprint density at radius 3 is 3.29 bits per heavy atom. The summed E-state index contributed by atoms with van der Waals surface area (Å²) in [6.45, 7) is 2.07. The Labute approximate surface area is 106 Å². The van der Waals surface area contributed by atoms with Crippen LogP contribution in [-0.2, 0) is 0 Å². The second-order valence-corrected chi connectivity index (χ2v) is 5.25. The molecular formula is C12H16N4S. The van der Waals surface area contributed by atoms with Crippen LogP contribution in [0.5, 0.6) is 0 Å².